The maximum atomic E-state index is 4.06. The molecule has 1 aromatic rings. The van der Waals surface area contributed by atoms with E-state index >= 15 is 0 Å². The Morgan fingerprint density at radius 2 is 2.27 bits per heavy atom. The van der Waals surface area contributed by atoms with E-state index < -0.39 is 0 Å². The van der Waals surface area contributed by atoms with Gasteiger partial charge < -0.3 is 5.32 Å². The normalized spacial score (nSPS) is 13.4. The first kappa shape index (κ1) is 8.62. The van der Waals surface area contributed by atoms with Crippen LogP contribution in [0.15, 0.2) is 0 Å². The average molecular weight is 171 g/mol. The second kappa shape index (κ2) is 3.78. The fourth-order valence-electron chi connectivity index (χ4n) is 0.708. The third-order valence-electron chi connectivity index (χ3n) is 1.59. The molecule has 0 radical (unpaired) electrons. The number of aryl methyl sites for hydroxylation is 1. The zero-order chi connectivity index (χ0) is 8.27. The summed E-state index contributed by atoms with van der Waals surface area (Å²) in [6.45, 7) is 4.17. The van der Waals surface area contributed by atoms with E-state index in [1.54, 1.807) is 11.3 Å². The molecule has 0 spiro atoms. The fraction of sp³-hybridized carbons (Fsp3) is 0.714. The van der Waals surface area contributed by atoms with Crippen molar-refractivity contribution in [2.45, 2.75) is 26.3 Å². The molecule has 11 heavy (non-hydrogen) atoms. The number of hydrogen-bond donors (Lipinski definition) is 1. The molecule has 0 aliphatic carbocycles. The average Bonchev–Trinajstić information content (AvgIpc) is 2.50. The van der Waals surface area contributed by atoms with Crippen LogP contribution < -0.4 is 5.32 Å². The molecule has 0 saturated heterocycles. The number of nitrogens with one attached hydrogen (secondary N) is 1. The van der Waals surface area contributed by atoms with Crippen molar-refractivity contribution in [1.82, 2.24) is 15.5 Å². The molecule has 4 heteroatoms. The lowest BCUT2D eigenvalue weighted by Gasteiger charge is -2.02. The highest BCUT2D eigenvalue weighted by Crippen LogP contribution is 2.16. The lowest BCUT2D eigenvalue weighted by molar-refractivity contribution is 0.639. The molecule has 0 saturated carbocycles. The van der Waals surface area contributed by atoms with E-state index in [0.717, 1.165) is 16.4 Å². The van der Waals surface area contributed by atoms with Gasteiger partial charge in [0.05, 0.1) is 6.04 Å². The summed E-state index contributed by atoms with van der Waals surface area (Å²) in [4.78, 5) is 0. The van der Waals surface area contributed by atoms with Gasteiger partial charge in [0, 0.05) is 0 Å². The Bertz CT molecular complexity index is 221. The van der Waals surface area contributed by atoms with Crippen molar-refractivity contribution >= 4 is 11.3 Å². The van der Waals surface area contributed by atoms with Crippen molar-refractivity contribution in [3.05, 3.63) is 10.0 Å². The van der Waals surface area contributed by atoms with Crippen LogP contribution in [0.1, 0.15) is 29.9 Å². The zero-order valence-corrected chi connectivity index (χ0v) is 7.90. The molecule has 1 N–H and O–H groups in total. The summed E-state index contributed by atoms with van der Waals surface area (Å²) < 4.78 is 0. The maximum Gasteiger partial charge on any atom is 0.134 e. The Morgan fingerprint density at radius 3 is 2.73 bits per heavy atom. The second-order valence-corrected chi connectivity index (χ2v) is 3.49. The van der Waals surface area contributed by atoms with Crippen molar-refractivity contribution in [2.24, 2.45) is 0 Å². The Kier molecular flexibility index (Phi) is 2.96. The standard InChI is InChI=1S/C7H13N3S/c1-4-6-9-10-7(11-6)5(2)8-3/h5,8H,4H2,1-3H3. The summed E-state index contributed by atoms with van der Waals surface area (Å²) in [6, 6.07) is 0.327. The molecule has 0 aromatic carbocycles. The molecule has 3 nitrogen and oxygen atoms in total. The first-order valence-corrected chi connectivity index (χ1v) is 4.59. The van der Waals surface area contributed by atoms with Crippen LogP contribution in [0.3, 0.4) is 0 Å². The van der Waals surface area contributed by atoms with Gasteiger partial charge in [0.2, 0.25) is 0 Å². The van der Waals surface area contributed by atoms with Crippen LogP contribution in [-0.4, -0.2) is 17.2 Å². The van der Waals surface area contributed by atoms with Crippen LogP contribution in [0.5, 0.6) is 0 Å². The topological polar surface area (TPSA) is 37.8 Å². The van der Waals surface area contributed by atoms with E-state index in [1.807, 2.05) is 7.05 Å². The Morgan fingerprint density at radius 1 is 1.55 bits per heavy atom. The van der Waals surface area contributed by atoms with Crippen molar-refractivity contribution in [3.63, 3.8) is 0 Å². The van der Waals surface area contributed by atoms with Crippen LogP contribution in [0.4, 0.5) is 0 Å². The summed E-state index contributed by atoms with van der Waals surface area (Å²) in [6.07, 6.45) is 0.980. The summed E-state index contributed by atoms with van der Waals surface area (Å²) in [7, 11) is 1.93. The van der Waals surface area contributed by atoms with E-state index in [4.69, 9.17) is 0 Å². The molecule has 0 fully saturated rings. The van der Waals surface area contributed by atoms with Gasteiger partial charge in [-0.1, -0.05) is 18.3 Å². The largest absolute Gasteiger partial charge is 0.311 e. The van der Waals surface area contributed by atoms with Crippen molar-refractivity contribution in [2.75, 3.05) is 7.05 Å². The molecule has 0 amide bonds. The molecule has 1 heterocycles. The second-order valence-electron chi connectivity index (χ2n) is 2.40. The van der Waals surface area contributed by atoms with Crippen LogP contribution in [0.25, 0.3) is 0 Å². The highest BCUT2D eigenvalue weighted by Gasteiger charge is 2.07. The number of nitrogens with zero attached hydrogens (tertiary/aromatic N) is 2. The van der Waals surface area contributed by atoms with Crippen molar-refractivity contribution in [3.8, 4) is 0 Å². The van der Waals surface area contributed by atoms with Gasteiger partial charge >= 0.3 is 0 Å². The van der Waals surface area contributed by atoms with Crippen LogP contribution in [-0.2, 0) is 6.42 Å². The summed E-state index contributed by atoms with van der Waals surface area (Å²) in [5, 5.41) is 13.4. The minimum atomic E-state index is 0.327. The summed E-state index contributed by atoms with van der Waals surface area (Å²) >= 11 is 1.68. The lowest BCUT2D eigenvalue weighted by Crippen LogP contribution is -2.11. The van der Waals surface area contributed by atoms with E-state index in [9.17, 15) is 0 Å². The monoisotopic (exact) mass is 171 g/mol. The predicted octanol–water partition coefficient (Wildman–Crippen LogP) is 1.38. The highest BCUT2D eigenvalue weighted by molar-refractivity contribution is 7.11. The molecule has 1 aromatic heterocycles. The molecular weight excluding hydrogens is 158 g/mol. The van der Waals surface area contributed by atoms with Gasteiger partial charge in [-0.2, -0.15) is 0 Å². The van der Waals surface area contributed by atoms with E-state index in [-0.39, 0.29) is 0 Å². The lowest BCUT2D eigenvalue weighted by atomic mass is 10.4. The third kappa shape index (κ3) is 1.97. The highest BCUT2D eigenvalue weighted by atomic mass is 32.1. The molecule has 0 aliphatic rings. The van der Waals surface area contributed by atoms with Crippen molar-refractivity contribution < 1.29 is 0 Å². The third-order valence-corrected chi connectivity index (χ3v) is 2.84. The predicted molar refractivity (Wildman–Crippen MR) is 46.8 cm³/mol. The Labute approximate surface area is 70.9 Å². The molecule has 1 unspecified atom stereocenters. The van der Waals surface area contributed by atoms with E-state index in [2.05, 4.69) is 29.4 Å². The smallest absolute Gasteiger partial charge is 0.134 e. The molecule has 0 bridgehead atoms. The number of aromatic nitrogens is 2. The summed E-state index contributed by atoms with van der Waals surface area (Å²) in [5.41, 5.74) is 0. The molecule has 0 aliphatic heterocycles. The van der Waals surface area contributed by atoms with Crippen LogP contribution in [0.2, 0.25) is 0 Å². The molecule has 1 rings (SSSR count). The van der Waals surface area contributed by atoms with Crippen molar-refractivity contribution in [1.29, 1.82) is 0 Å². The maximum absolute atomic E-state index is 4.06. The van der Waals surface area contributed by atoms with E-state index in [1.165, 1.54) is 0 Å². The Balaban J connectivity index is 2.71. The van der Waals surface area contributed by atoms with Gasteiger partial charge in [-0.25, -0.2) is 0 Å². The first-order valence-electron chi connectivity index (χ1n) is 3.77. The Hall–Kier alpha value is -0.480. The zero-order valence-electron chi connectivity index (χ0n) is 7.09. The van der Waals surface area contributed by atoms with E-state index in [0.29, 0.717) is 6.04 Å². The quantitative estimate of drug-likeness (QED) is 0.746. The fourth-order valence-corrected chi connectivity index (χ4v) is 1.55. The summed E-state index contributed by atoms with van der Waals surface area (Å²) in [5.74, 6) is 0. The first-order chi connectivity index (χ1) is 5.27. The molecule has 1 atom stereocenters. The molecule has 62 valence electrons. The SMILES string of the molecule is CCc1nnc(C(C)NC)s1. The van der Waals surface area contributed by atoms with Gasteiger partial charge in [0.25, 0.3) is 0 Å². The van der Waals surface area contributed by atoms with Crippen LogP contribution >= 0.6 is 11.3 Å². The van der Waals surface area contributed by atoms with Gasteiger partial charge in [0.15, 0.2) is 0 Å². The minimum Gasteiger partial charge on any atom is -0.311 e. The van der Waals surface area contributed by atoms with Gasteiger partial charge in [0.1, 0.15) is 10.0 Å². The van der Waals surface area contributed by atoms with Crippen LogP contribution in [0, 0.1) is 0 Å². The number of hydrogen-bond acceptors (Lipinski definition) is 4. The van der Waals surface area contributed by atoms with Gasteiger partial charge in [-0.15, -0.1) is 10.2 Å². The van der Waals surface area contributed by atoms with Gasteiger partial charge in [-0.3, -0.25) is 0 Å². The minimum absolute atomic E-state index is 0.327. The van der Waals surface area contributed by atoms with Gasteiger partial charge in [-0.05, 0) is 20.4 Å². The number of rotatable bonds is 3. The molecular formula is C7H13N3S.